The van der Waals surface area contributed by atoms with Crippen molar-refractivity contribution in [2.45, 2.75) is 57.2 Å². The second-order valence-electron chi connectivity index (χ2n) is 8.76. The van der Waals surface area contributed by atoms with Crippen molar-refractivity contribution < 1.29 is 13.9 Å². The second-order valence-corrected chi connectivity index (χ2v) is 9.20. The van der Waals surface area contributed by atoms with Crippen LogP contribution in [0.4, 0.5) is 9.18 Å². The summed E-state index contributed by atoms with van der Waals surface area (Å²) in [5.41, 5.74) is 2.13. The molecule has 1 aliphatic carbocycles. The zero-order chi connectivity index (χ0) is 21.6. The van der Waals surface area contributed by atoms with Gasteiger partial charge < -0.3 is 10.1 Å². The highest BCUT2D eigenvalue weighted by atomic mass is 35.5. The van der Waals surface area contributed by atoms with Crippen molar-refractivity contribution in [3.8, 4) is 0 Å². The highest BCUT2D eigenvalue weighted by Crippen LogP contribution is 2.30. The Morgan fingerprint density at radius 3 is 2.39 bits per heavy atom. The molecule has 4 nitrogen and oxygen atoms in total. The number of nitrogens with zero attached hydrogens (tertiary/aromatic N) is 1. The summed E-state index contributed by atoms with van der Waals surface area (Å²) >= 11 is 5.99. The third-order valence-corrected chi connectivity index (χ3v) is 6.87. The number of halogens is 2. The number of carbonyl (C=O) groups excluding carboxylic acids is 1. The van der Waals surface area contributed by atoms with Crippen molar-refractivity contribution in [2.75, 3.05) is 13.1 Å². The molecule has 6 heteroatoms. The summed E-state index contributed by atoms with van der Waals surface area (Å²) in [4.78, 5) is 14.9. The first-order chi connectivity index (χ1) is 15.1. The fourth-order valence-electron chi connectivity index (χ4n) is 4.91. The normalized spacial score (nSPS) is 22.4. The summed E-state index contributed by atoms with van der Waals surface area (Å²) in [6.07, 6.45) is 6.30. The van der Waals surface area contributed by atoms with Crippen LogP contribution in [0.3, 0.4) is 0 Å². The Hall–Kier alpha value is -2.11. The monoisotopic (exact) mass is 444 g/mol. The van der Waals surface area contributed by atoms with Crippen LogP contribution in [-0.4, -0.2) is 36.2 Å². The number of ether oxygens (including phenoxy) is 1. The van der Waals surface area contributed by atoms with E-state index >= 15 is 0 Å². The number of rotatable bonds is 6. The molecule has 166 valence electrons. The Kier molecular flexibility index (Phi) is 7.46. The lowest BCUT2D eigenvalue weighted by molar-refractivity contribution is 0.104. The molecule has 2 fully saturated rings. The van der Waals surface area contributed by atoms with Crippen LogP contribution in [-0.2, 0) is 17.8 Å². The SMILES string of the molecule is O=C(NC1CCCC1N1CCC(Cc2ccc(Cl)cc2)CC1)OCc1ccc(F)cc1. The molecule has 2 aliphatic rings. The molecule has 31 heavy (non-hydrogen) atoms. The number of benzene rings is 2. The van der Waals surface area contributed by atoms with E-state index in [1.807, 2.05) is 12.1 Å². The third kappa shape index (κ3) is 6.20. The standard InChI is InChI=1S/C25H30ClFN2O2/c26-21-8-4-18(5-9-21)16-19-12-14-29(15-13-19)24-3-1-2-23(24)28-25(30)31-17-20-6-10-22(27)11-7-20/h4-11,19,23-24H,1-3,12-17H2,(H,28,30). The highest BCUT2D eigenvalue weighted by Gasteiger charge is 2.35. The number of amides is 1. The smallest absolute Gasteiger partial charge is 0.407 e. The molecule has 1 saturated carbocycles. The van der Waals surface area contributed by atoms with Crippen molar-refractivity contribution in [1.82, 2.24) is 10.2 Å². The van der Waals surface area contributed by atoms with Gasteiger partial charge in [-0.25, -0.2) is 9.18 Å². The van der Waals surface area contributed by atoms with Gasteiger partial charge in [-0.15, -0.1) is 0 Å². The van der Waals surface area contributed by atoms with Gasteiger partial charge in [-0.3, -0.25) is 4.90 Å². The Morgan fingerprint density at radius 2 is 1.68 bits per heavy atom. The van der Waals surface area contributed by atoms with Gasteiger partial charge in [0.1, 0.15) is 12.4 Å². The molecule has 1 saturated heterocycles. The Morgan fingerprint density at radius 1 is 1.00 bits per heavy atom. The van der Waals surface area contributed by atoms with Crippen LogP contribution >= 0.6 is 11.6 Å². The molecule has 1 aliphatic heterocycles. The summed E-state index contributed by atoms with van der Waals surface area (Å²) in [6.45, 7) is 2.30. The lowest BCUT2D eigenvalue weighted by atomic mass is 9.89. The molecule has 1 amide bonds. The van der Waals surface area contributed by atoms with Gasteiger partial charge >= 0.3 is 6.09 Å². The molecular weight excluding hydrogens is 415 g/mol. The number of hydrogen-bond acceptors (Lipinski definition) is 3. The maximum absolute atomic E-state index is 13.0. The molecule has 2 aromatic rings. The van der Waals surface area contributed by atoms with Crippen LogP contribution in [0.5, 0.6) is 0 Å². The average molecular weight is 445 g/mol. The van der Waals surface area contributed by atoms with Gasteiger partial charge in [0, 0.05) is 17.1 Å². The summed E-state index contributed by atoms with van der Waals surface area (Å²) < 4.78 is 18.4. The summed E-state index contributed by atoms with van der Waals surface area (Å²) in [7, 11) is 0. The summed E-state index contributed by atoms with van der Waals surface area (Å²) in [5, 5.41) is 3.86. The van der Waals surface area contributed by atoms with Crippen molar-refractivity contribution >= 4 is 17.7 Å². The van der Waals surface area contributed by atoms with E-state index in [0.717, 1.165) is 49.4 Å². The van der Waals surface area contributed by atoms with Gasteiger partial charge in [0.2, 0.25) is 0 Å². The van der Waals surface area contributed by atoms with Crippen molar-refractivity contribution in [2.24, 2.45) is 5.92 Å². The largest absolute Gasteiger partial charge is 0.445 e. The zero-order valence-corrected chi connectivity index (χ0v) is 18.5. The first-order valence-electron chi connectivity index (χ1n) is 11.2. The van der Waals surface area contributed by atoms with Gasteiger partial charge in [0.05, 0.1) is 0 Å². The Balaban J connectivity index is 1.22. The lowest BCUT2D eigenvalue weighted by Crippen LogP contribution is -2.51. The number of nitrogens with one attached hydrogen (secondary N) is 1. The van der Waals surface area contributed by atoms with Crippen molar-refractivity contribution in [1.29, 1.82) is 0 Å². The van der Waals surface area contributed by atoms with E-state index in [1.54, 1.807) is 12.1 Å². The van der Waals surface area contributed by atoms with Crippen LogP contribution in [0.1, 0.15) is 43.2 Å². The summed E-state index contributed by atoms with van der Waals surface area (Å²) in [6, 6.07) is 14.7. The van der Waals surface area contributed by atoms with Gasteiger partial charge in [-0.05, 0) is 92.9 Å². The topological polar surface area (TPSA) is 41.6 Å². The van der Waals surface area contributed by atoms with E-state index in [-0.39, 0.29) is 24.6 Å². The molecule has 2 atom stereocenters. The van der Waals surface area contributed by atoms with E-state index in [1.165, 1.54) is 30.5 Å². The number of alkyl carbamates (subject to hydrolysis) is 1. The third-order valence-electron chi connectivity index (χ3n) is 6.62. The molecular formula is C25H30ClFN2O2. The predicted octanol–water partition coefficient (Wildman–Crippen LogP) is 5.58. The van der Waals surface area contributed by atoms with Gasteiger partial charge in [-0.2, -0.15) is 0 Å². The van der Waals surface area contributed by atoms with Gasteiger partial charge in [0.15, 0.2) is 0 Å². The Bertz CT molecular complexity index is 851. The molecule has 0 aromatic heterocycles. The number of piperidine rings is 1. The fourth-order valence-corrected chi connectivity index (χ4v) is 5.04. The second kappa shape index (κ2) is 10.5. The zero-order valence-electron chi connectivity index (χ0n) is 17.7. The van der Waals surface area contributed by atoms with Crippen molar-refractivity contribution in [3.63, 3.8) is 0 Å². The maximum Gasteiger partial charge on any atom is 0.407 e. The first kappa shape index (κ1) is 22.1. The van der Waals surface area contributed by atoms with Gasteiger partial charge in [0.25, 0.3) is 0 Å². The fraction of sp³-hybridized carbons (Fsp3) is 0.480. The van der Waals surface area contributed by atoms with E-state index in [0.29, 0.717) is 12.0 Å². The predicted molar refractivity (Wildman–Crippen MR) is 121 cm³/mol. The van der Waals surface area contributed by atoms with Gasteiger partial charge in [-0.1, -0.05) is 35.9 Å². The van der Waals surface area contributed by atoms with E-state index in [9.17, 15) is 9.18 Å². The quantitative estimate of drug-likeness (QED) is 0.632. The van der Waals surface area contributed by atoms with E-state index in [2.05, 4.69) is 22.3 Å². The van der Waals surface area contributed by atoms with Crippen LogP contribution in [0.2, 0.25) is 5.02 Å². The minimum absolute atomic E-state index is 0.133. The van der Waals surface area contributed by atoms with E-state index < -0.39 is 0 Å². The number of carbonyl (C=O) groups is 1. The maximum atomic E-state index is 13.0. The van der Waals surface area contributed by atoms with Crippen LogP contribution in [0.15, 0.2) is 48.5 Å². The molecule has 0 radical (unpaired) electrons. The Labute approximate surface area is 188 Å². The number of hydrogen-bond donors (Lipinski definition) is 1. The van der Waals surface area contributed by atoms with Crippen LogP contribution in [0, 0.1) is 11.7 Å². The highest BCUT2D eigenvalue weighted by molar-refractivity contribution is 6.30. The average Bonchev–Trinajstić information content (AvgIpc) is 3.23. The van der Waals surface area contributed by atoms with Crippen molar-refractivity contribution in [3.05, 3.63) is 70.5 Å². The molecule has 1 N–H and O–H groups in total. The molecule has 4 rings (SSSR count). The van der Waals surface area contributed by atoms with E-state index in [4.69, 9.17) is 16.3 Å². The van der Waals surface area contributed by atoms with Crippen LogP contribution < -0.4 is 5.32 Å². The van der Waals surface area contributed by atoms with Crippen LogP contribution in [0.25, 0.3) is 0 Å². The molecule has 1 heterocycles. The molecule has 2 aromatic carbocycles. The lowest BCUT2D eigenvalue weighted by Gasteiger charge is -2.38. The molecule has 0 bridgehead atoms. The minimum Gasteiger partial charge on any atom is -0.445 e. The molecule has 2 unspecified atom stereocenters. The molecule has 0 spiro atoms. The first-order valence-corrected chi connectivity index (χ1v) is 11.6. The summed E-state index contributed by atoms with van der Waals surface area (Å²) in [5.74, 6) is 0.407. The number of likely N-dealkylation sites (tertiary alicyclic amines) is 1. The minimum atomic E-state index is -0.390.